The van der Waals surface area contributed by atoms with Crippen molar-refractivity contribution >= 4 is 22.5 Å². The van der Waals surface area contributed by atoms with Gasteiger partial charge in [0.2, 0.25) is 5.24 Å². The van der Waals surface area contributed by atoms with Gasteiger partial charge in [0, 0.05) is 25.2 Å². The number of carbonyl (C=O) groups is 1. The van der Waals surface area contributed by atoms with E-state index in [4.69, 9.17) is 16.3 Å². The second-order valence-corrected chi connectivity index (χ2v) is 4.22. The van der Waals surface area contributed by atoms with Gasteiger partial charge in [-0.1, -0.05) is 12.1 Å². The Labute approximate surface area is 100.0 Å². The average molecular weight is 240 g/mol. The van der Waals surface area contributed by atoms with E-state index in [0.717, 1.165) is 31.9 Å². The Kier molecular flexibility index (Phi) is 3.80. The summed E-state index contributed by atoms with van der Waals surface area (Å²) in [5.41, 5.74) is 2.13. The Morgan fingerprint density at radius 2 is 1.88 bits per heavy atom. The molecule has 0 amide bonds. The van der Waals surface area contributed by atoms with Crippen LogP contribution in [0.15, 0.2) is 24.3 Å². The van der Waals surface area contributed by atoms with Gasteiger partial charge >= 0.3 is 0 Å². The van der Waals surface area contributed by atoms with Crippen LogP contribution in [-0.2, 0) is 16.0 Å². The lowest BCUT2D eigenvalue weighted by molar-refractivity contribution is -0.111. The molecule has 0 unspecified atom stereocenters. The summed E-state index contributed by atoms with van der Waals surface area (Å²) in [7, 11) is 0. The number of benzene rings is 1. The number of halogens is 1. The fourth-order valence-corrected chi connectivity index (χ4v) is 1.96. The molecule has 0 aromatic heterocycles. The lowest BCUT2D eigenvalue weighted by Gasteiger charge is -2.28. The first kappa shape index (κ1) is 11.4. The minimum atomic E-state index is -0.320. The van der Waals surface area contributed by atoms with Gasteiger partial charge in [-0.3, -0.25) is 4.79 Å². The smallest absolute Gasteiger partial charge is 0.226 e. The van der Waals surface area contributed by atoms with Gasteiger partial charge in [0.25, 0.3) is 0 Å². The second-order valence-electron chi connectivity index (χ2n) is 3.80. The molecule has 1 saturated heterocycles. The maximum Gasteiger partial charge on any atom is 0.226 e. The van der Waals surface area contributed by atoms with Crippen LogP contribution in [0, 0.1) is 0 Å². The maximum absolute atomic E-state index is 10.7. The van der Waals surface area contributed by atoms with Crippen LogP contribution < -0.4 is 4.90 Å². The number of rotatable bonds is 3. The zero-order valence-electron chi connectivity index (χ0n) is 8.99. The lowest BCUT2D eigenvalue weighted by Crippen LogP contribution is -2.36. The highest BCUT2D eigenvalue weighted by molar-refractivity contribution is 6.63. The van der Waals surface area contributed by atoms with Crippen molar-refractivity contribution in [1.82, 2.24) is 0 Å². The van der Waals surface area contributed by atoms with Gasteiger partial charge in [-0.15, -0.1) is 0 Å². The lowest BCUT2D eigenvalue weighted by atomic mass is 10.1. The monoisotopic (exact) mass is 239 g/mol. The highest BCUT2D eigenvalue weighted by Crippen LogP contribution is 2.17. The Morgan fingerprint density at radius 1 is 1.25 bits per heavy atom. The summed E-state index contributed by atoms with van der Waals surface area (Å²) >= 11 is 5.33. The highest BCUT2D eigenvalue weighted by Gasteiger charge is 2.10. The van der Waals surface area contributed by atoms with Crippen LogP contribution in [0.5, 0.6) is 0 Å². The molecule has 1 aromatic carbocycles. The molecule has 0 saturated carbocycles. The van der Waals surface area contributed by atoms with E-state index in [1.165, 1.54) is 5.69 Å². The highest BCUT2D eigenvalue weighted by atomic mass is 35.5. The van der Waals surface area contributed by atoms with Crippen molar-refractivity contribution in [2.75, 3.05) is 31.2 Å². The van der Waals surface area contributed by atoms with Gasteiger partial charge in [0.1, 0.15) is 0 Å². The summed E-state index contributed by atoms with van der Waals surface area (Å²) in [5, 5.41) is -0.320. The third-order valence-electron chi connectivity index (χ3n) is 2.66. The second kappa shape index (κ2) is 5.32. The van der Waals surface area contributed by atoms with E-state index in [0.29, 0.717) is 6.42 Å². The number of anilines is 1. The Hall–Kier alpha value is -1.06. The van der Waals surface area contributed by atoms with Crippen LogP contribution in [0.2, 0.25) is 0 Å². The first-order valence-electron chi connectivity index (χ1n) is 5.35. The number of carbonyl (C=O) groups excluding carboxylic acids is 1. The van der Waals surface area contributed by atoms with Crippen LogP contribution in [0.1, 0.15) is 5.56 Å². The van der Waals surface area contributed by atoms with Crippen LogP contribution in [-0.4, -0.2) is 31.5 Å². The topological polar surface area (TPSA) is 29.5 Å². The minimum absolute atomic E-state index is 0.297. The van der Waals surface area contributed by atoms with E-state index in [1.807, 2.05) is 24.3 Å². The molecule has 0 radical (unpaired) electrons. The zero-order valence-corrected chi connectivity index (χ0v) is 9.74. The summed E-state index contributed by atoms with van der Waals surface area (Å²) in [5.74, 6) is 0. The van der Waals surface area contributed by atoms with E-state index in [-0.39, 0.29) is 5.24 Å². The molecule has 16 heavy (non-hydrogen) atoms. The third kappa shape index (κ3) is 2.97. The largest absolute Gasteiger partial charge is 0.378 e. The predicted molar refractivity (Wildman–Crippen MR) is 64.0 cm³/mol. The number of hydrogen-bond acceptors (Lipinski definition) is 3. The Bertz CT molecular complexity index is 358. The number of nitrogens with zero attached hydrogens (tertiary/aromatic N) is 1. The standard InChI is InChI=1S/C12H14ClNO2/c13-12(15)9-10-1-3-11(4-2-10)14-5-7-16-8-6-14/h1-4H,5-9H2. The SMILES string of the molecule is O=C(Cl)Cc1ccc(N2CCOCC2)cc1. The summed E-state index contributed by atoms with van der Waals surface area (Å²) < 4.78 is 5.29. The molecule has 0 atom stereocenters. The molecular weight excluding hydrogens is 226 g/mol. The Morgan fingerprint density at radius 3 is 2.44 bits per heavy atom. The molecule has 0 spiro atoms. The number of ether oxygens (including phenoxy) is 1. The van der Waals surface area contributed by atoms with Gasteiger partial charge in [-0.2, -0.15) is 0 Å². The summed E-state index contributed by atoms with van der Waals surface area (Å²) in [6.07, 6.45) is 0.297. The average Bonchev–Trinajstić information content (AvgIpc) is 2.30. The fourth-order valence-electron chi connectivity index (χ4n) is 1.81. The molecule has 0 bridgehead atoms. The summed E-state index contributed by atoms with van der Waals surface area (Å²) in [4.78, 5) is 13.0. The molecule has 1 fully saturated rings. The molecule has 0 aliphatic carbocycles. The minimum Gasteiger partial charge on any atom is -0.378 e. The van der Waals surface area contributed by atoms with E-state index < -0.39 is 0 Å². The number of morpholine rings is 1. The number of hydrogen-bond donors (Lipinski definition) is 0. The van der Waals surface area contributed by atoms with Crippen LogP contribution >= 0.6 is 11.6 Å². The van der Waals surface area contributed by atoms with E-state index in [9.17, 15) is 4.79 Å². The van der Waals surface area contributed by atoms with E-state index in [1.54, 1.807) is 0 Å². The Balaban J connectivity index is 2.03. The third-order valence-corrected chi connectivity index (χ3v) is 2.79. The summed E-state index contributed by atoms with van der Waals surface area (Å²) in [6.45, 7) is 3.41. The van der Waals surface area contributed by atoms with E-state index in [2.05, 4.69) is 4.90 Å². The molecule has 2 rings (SSSR count). The van der Waals surface area contributed by atoms with Gasteiger partial charge < -0.3 is 9.64 Å². The van der Waals surface area contributed by atoms with Crippen LogP contribution in [0.25, 0.3) is 0 Å². The molecule has 86 valence electrons. The van der Waals surface area contributed by atoms with E-state index >= 15 is 0 Å². The molecule has 1 aromatic rings. The van der Waals surface area contributed by atoms with Crippen molar-refractivity contribution in [2.45, 2.75) is 6.42 Å². The summed E-state index contributed by atoms with van der Waals surface area (Å²) in [6, 6.07) is 7.96. The predicted octanol–water partition coefficient (Wildman–Crippen LogP) is 1.83. The van der Waals surface area contributed by atoms with Crippen molar-refractivity contribution in [1.29, 1.82) is 0 Å². The molecule has 3 nitrogen and oxygen atoms in total. The van der Waals surface area contributed by atoms with Crippen molar-refractivity contribution in [3.63, 3.8) is 0 Å². The maximum atomic E-state index is 10.7. The molecule has 0 N–H and O–H groups in total. The van der Waals surface area contributed by atoms with Gasteiger partial charge in [0.15, 0.2) is 0 Å². The van der Waals surface area contributed by atoms with Crippen LogP contribution in [0.4, 0.5) is 5.69 Å². The zero-order chi connectivity index (χ0) is 11.4. The van der Waals surface area contributed by atoms with Gasteiger partial charge in [0.05, 0.1) is 13.2 Å². The normalized spacial score (nSPS) is 16.2. The van der Waals surface area contributed by atoms with Gasteiger partial charge in [-0.25, -0.2) is 0 Å². The fraction of sp³-hybridized carbons (Fsp3) is 0.417. The first-order valence-corrected chi connectivity index (χ1v) is 5.73. The molecule has 1 aliphatic rings. The molecular formula is C12H14ClNO2. The molecule has 1 heterocycles. The van der Waals surface area contributed by atoms with Crippen LogP contribution in [0.3, 0.4) is 0 Å². The van der Waals surface area contributed by atoms with Crippen molar-refractivity contribution in [3.05, 3.63) is 29.8 Å². The molecule has 1 aliphatic heterocycles. The van der Waals surface area contributed by atoms with Gasteiger partial charge in [-0.05, 0) is 29.3 Å². The van der Waals surface area contributed by atoms with Crippen molar-refractivity contribution < 1.29 is 9.53 Å². The van der Waals surface area contributed by atoms with Crippen molar-refractivity contribution in [2.24, 2.45) is 0 Å². The molecule has 4 heteroatoms. The van der Waals surface area contributed by atoms with Crippen molar-refractivity contribution in [3.8, 4) is 0 Å². The quantitative estimate of drug-likeness (QED) is 0.754. The first-order chi connectivity index (χ1) is 7.75.